The van der Waals surface area contributed by atoms with E-state index in [1.54, 1.807) is 6.08 Å². The van der Waals surface area contributed by atoms with Crippen LogP contribution in [0.4, 0.5) is 4.79 Å². The molecule has 0 bridgehead atoms. The number of benzene rings is 2. The SMILES string of the molecule is CN(C(=O)C=Cc1ccccc1)C(=O)NCc1ccccc1. The van der Waals surface area contributed by atoms with Crippen LogP contribution in [0.5, 0.6) is 0 Å². The van der Waals surface area contributed by atoms with Crippen LogP contribution in [-0.2, 0) is 11.3 Å². The lowest BCUT2D eigenvalue weighted by Crippen LogP contribution is -2.39. The second kappa shape index (κ2) is 7.78. The predicted molar refractivity (Wildman–Crippen MR) is 86.9 cm³/mol. The van der Waals surface area contributed by atoms with E-state index >= 15 is 0 Å². The zero-order chi connectivity index (χ0) is 15.8. The van der Waals surface area contributed by atoms with E-state index in [9.17, 15) is 9.59 Å². The Balaban J connectivity index is 1.87. The van der Waals surface area contributed by atoms with Crippen molar-refractivity contribution in [2.45, 2.75) is 6.54 Å². The number of hydrogen-bond acceptors (Lipinski definition) is 2. The molecule has 3 amide bonds. The van der Waals surface area contributed by atoms with Gasteiger partial charge in [0.05, 0.1) is 0 Å². The number of likely N-dealkylation sites (N-methyl/N-ethyl adjacent to an activating group) is 1. The Bertz CT molecular complexity index is 651. The molecule has 0 atom stereocenters. The molecule has 2 aromatic carbocycles. The maximum absolute atomic E-state index is 11.9. The van der Waals surface area contributed by atoms with Gasteiger partial charge in [-0.3, -0.25) is 9.69 Å². The van der Waals surface area contributed by atoms with Crippen LogP contribution in [-0.4, -0.2) is 23.9 Å². The summed E-state index contributed by atoms with van der Waals surface area (Å²) in [5, 5.41) is 2.71. The van der Waals surface area contributed by atoms with Crippen LogP contribution < -0.4 is 5.32 Å². The number of amides is 3. The number of nitrogens with one attached hydrogen (secondary N) is 1. The summed E-state index contributed by atoms with van der Waals surface area (Å²) in [6.07, 6.45) is 3.07. The van der Waals surface area contributed by atoms with Crippen LogP contribution in [0.15, 0.2) is 66.7 Å². The van der Waals surface area contributed by atoms with Crippen molar-refractivity contribution in [3.05, 3.63) is 77.9 Å². The quantitative estimate of drug-likeness (QED) is 0.881. The first-order valence-corrected chi connectivity index (χ1v) is 6.99. The number of nitrogens with zero attached hydrogens (tertiary/aromatic N) is 1. The van der Waals surface area contributed by atoms with E-state index in [-0.39, 0.29) is 5.91 Å². The van der Waals surface area contributed by atoms with E-state index < -0.39 is 6.03 Å². The lowest BCUT2D eigenvalue weighted by atomic mass is 10.2. The molecule has 0 aromatic heterocycles. The van der Waals surface area contributed by atoms with Gasteiger partial charge in [0, 0.05) is 19.7 Å². The molecule has 0 aliphatic heterocycles. The van der Waals surface area contributed by atoms with Gasteiger partial charge in [0.15, 0.2) is 0 Å². The maximum atomic E-state index is 11.9. The molecule has 0 saturated carbocycles. The number of urea groups is 1. The Morgan fingerprint density at radius 2 is 1.59 bits per heavy atom. The minimum absolute atomic E-state index is 0.366. The lowest BCUT2D eigenvalue weighted by Gasteiger charge is -2.14. The highest BCUT2D eigenvalue weighted by Gasteiger charge is 2.13. The molecule has 22 heavy (non-hydrogen) atoms. The summed E-state index contributed by atoms with van der Waals surface area (Å²) < 4.78 is 0. The third kappa shape index (κ3) is 4.59. The second-order valence-corrected chi connectivity index (χ2v) is 4.79. The van der Waals surface area contributed by atoms with Gasteiger partial charge in [-0.15, -0.1) is 0 Å². The molecule has 1 N–H and O–H groups in total. The molecule has 0 aliphatic carbocycles. The number of rotatable bonds is 4. The van der Waals surface area contributed by atoms with Crippen molar-refractivity contribution in [3.8, 4) is 0 Å². The van der Waals surface area contributed by atoms with E-state index in [2.05, 4.69) is 5.32 Å². The van der Waals surface area contributed by atoms with Crippen LogP contribution in [0.25, 0.3) is 6.08 Å². The van der Waals surface area contributed by atoms with Crippen molar-refractivity contribution in [3.63, 3.8) is 0 Å². The van der Waals surface area contributed by atoms with Crippen molar-refractivity contribution in [2.24, 2.45) is 0 Å². The summed E-state index contributed by atoms with van der Waals surface area (Å²) in [6, 6.07) is 18.6. The molecule has 2 rings (SSSR count). The summed E-state index contributed by atoms with van der Waals surface area (Å²) in [6.45, 7) is 0.389. The monoisotopic (exact) mass is 294 g/mol. The Morgan fingerprint density at radius 1 is 1.00 bits per heavy atom. The summed E-state index contributed by atoms with van der Waals surface area (Å²) in [7, 11) is 1.46. The van der Waals surface area contributed by atoms with E-state index in [1.807, 2.05) is 60.7 Å². The summed E-state index contributed by atoms with van der Waals surface area (Å²) in [5.74, 6) is -0.366. The molecule has 2 aromatic rings. The molecule has 0 saturated heterocycles. The first-order valence-electron chi connectivity index (χ1n) is 6.99. The Labute approximate surface area is 130 Å². The van der Waals surface area contributed by atoms with Crippen LogP contribution in [0.1, 0.15) is 11.1 Å². The molecule has 4 heteroatoms. The van der Waals surface area contributed by atoms with Gasteiger partial charge in [0.2, 0.25) is 0 Å². The van der Waals surface area contributed by atoms with Crippen LogP contribution in [0.2, 0.25) is 0 Å². The van der Waals surface area contributed by atoms with Crippen molar-refractivity contribution in [1.29, 1.82) is 0 Å². The van der Waals surface area contributed by atoms with Gasteiger partial charge in [0.25, 0.3) is 5.91 Å². The van der Waals surface area contributed by atoms with E-state index in [4.69, 9.17) is 0 Å². The van der Waals surface area contributed by atoms with Gasteiger partial charge in [-0.25, -0.2) is 4.79 Å². The van der Waals surface area contributed by atoms with Crippen LogP contribution in [0, 0.1) is 0 Å². The molecule has 0 aliphatic rings. The molecule has 112 valence electrons. The minimum Gasteiger partial charge on any atom is -0.334 e. The molecule has 0 unspecified atom stereocenters. The number of imide groups is 1. The van der Waals surface area contributed by atoms with Crippen LogP contribution in [0.3, 0.4) is 0 Å². The normalized spacial score (nSPS) is 10.4. The number of carbonyl (C=O) groups is 2. The van der Waals surface area contributed by atoms with Gasteiger partial charge >= 0.3 is 6.03 Å². The molecule has 0 spiro atoms. The first-order chi connectivity index (χ1) is 10.7. The van der Waals surface area contributed by atoms with Gasteiger partial charge < -0.3 is 5.32 Å². The molecular formula is C18H18N2O2. The molecule has 4 nitrogen and oxygen atoms in total. The third-order valence-corrected chi connectivity index (χ3v) is 3.14. The number of carbonyl (C=O) groups excluding carboxylic acids is 2. The first kappa shape index (κ1) is 15.5. The summed E-state index contributed by atoms with van der Waals surface area (Å²) in [4.78, 5) is 24.9. The zero-order valence-corrected chi connectivity index (χ0v) is 12.4. The smallest absolute Gasteiger partial charge is 0.324 e. The maximum Gasteiger partial charge on any atom is 0.324 e. The second-order valence-electron chi connectivity index (χ2n) is 4.79. The average Bonchev–Trinajstić information content (AvgIpc) is 2.58. The fourth-order valence-electron chi connectivity index (χ4n) is 1.84. The number of hydrogen-bond donors (Lipinski definition) is 1. The Hall–Kier alpha value is -2.88. The summed E-state index contributed by atoms with van der Waals surface area (Å²) in [5.41, 5.74) is 1.89. The van der Waals surface area contributed by atoms with Crippen LogP contribution >= 0.6 is 0 Å². The van der Waals surface area contributed by atoms with Crippen molar-refractivity contribution in [2.75, 3.05) is 7.05 Å². The highest BCUT2D eigenvalue weighted by Crippen LogP contribution is 2.02. The molecule has 0 radical (unpaired) electrons. The Morgan fingerprint density at radius 3 is 2.23 bits per heavy atom. The standard InChI is InChI=1S/C18H18N2O2/c1-20(17(21)13-12-15-8-4-2-5-9-15)18(22)19-14-16-10-6-3-7-11-16/h2-13H,14H2,1H3,(H,19,22). The van der Waals surface area contributed by atoms with E-state index in [0.717, 1.165) is 16.0 Å². The summed E-state index contributed by atoms with van der Waals surface area (Å²) >= 11 is 0. The highest BCUT2D eigenvalue weighted by atomic mass is 16.2. The molecule has 0 fully saturated rings. The zero-order valence-electron chi connectivity index (χ0n) is 12.4. The predicted octanol–water partition coefficient (Wildman–Crippen LogP) is 3.07. The van der Waals surface area contributed by atoms with E-state index in [1.165, 1.54) is 13.1 Å². The van der Waals surface area contributed by atoms with Gasteiger partial charge in [-0.2, -0.15) is 0 Å². The third-order valence-electron chi connectivity index (χ3n) is 3.14. The van der Waals surface area contributed by atoms with Crippen molar-refractivity contribution < 1.29 is 9.59 Å². The topological polar surface area (TPSA) is 49.4 Å². The fraction of sp³-hybridized carbons (Fsp3) is 0.111. The van der Waals surface area contributed by atoms with Gasteiger partial charge in [-0.05, 0) is 17.2 Å². The highest BCUT2D eigenvalue weighted by molar-refractivity contribution is 6.02. The molecule has 0 heterocycles. The van der Waals surface area contributed by atoms with Gasteiger partial charge in [-0.1, -0.05) is 60.7 Å². The average molecular weight is 294 g/mol. The van der Waals surface area contributed by atoms with Crippen molar-refractivity contribution in [1.82, 2.24) is 10.2 Å². The Kier molecular flexibility index (Phi) is 5.49. The largest absolute Gasteiger partial charge is 0.334 e. The van der Waals surface area contributed by atoms with Crippen molar-refractivity contribution >= 4 is 18.0 Å². The lowest BCUT2D eigenvalue weighted by molar-refractivity contribution is -0.122. The molecular weight excluding hydrogens is 276 g/mol. The fourth-order valence-corrected chi connectivity index (χ4v) is 1.84. The van der Waals surface area contributed by atoms with Gasteiger partial charge in [0.1, 0.15) is 0 Å². The minimum atomic E-state index is -0.424. The van der Waals surface area contributed by atoms with E-state index in [0.29, 0.717) is 6.54 Å².